The van der Waals surface area contributed by atoms with Crippen LogP contribution in [0.25, 0.3) is 0 Å². The molecule has 2 heteroatoms. The van der Waals surface area contributed by atoms with E-state index in [1.54, 1.807) is 0 Å². The molecule has 0 saturated heterocycles. The highest BCUT2D eigenvalue weighted by atomic mass is 16.1. The van der Waals surface area contributed by atoms with Crippen LogP contribution in [0.1, 0.15) is 99.3 Å². The number of hydrogen-bond donors (Lipinski definition) is 0. The molecule has 4 rings (SSSR count). The summed E-state index contributed by atoms with van der Waals surface area (Å²) >= 11 is 0. The van der Waals surface area contributed by atoms with E-state index in [4.69, 9.17) is 0 Å². The number of Topliss-reactive ketones (excluding diaryl/α,β-unsaturated/α-hetero) is 2. The maximum absolute atomic E-state index is 13.3. The summed E-state index contributed by atoms with van der Waals surface area (Å²) in [6, 6.07) is 0. The number of carbonyl (C=O) groups is 2. The Morgan fingerprint density at radius 3 is 2.32 bits per heavy atom. The van der Waals surface area contributed by atoms with Gasteiger partial charge < -0.3 is 0 Å². The second kappa shape index (κ2) is 8.45. The third kappa shape index (κ3) is 3.78. The van der Waals surface area contributed by atoms with E-state index < -0.39 is 0 Å². The average Bonchev–Trinajstić information content (AvgIpc) is 3.07. The number of fused-ring (bicyclic) bond motifs is 5. The summed E-state index contributed by atoms with van der Waals surface area (Å²) in [7, 11) is 0. The van der Waals surface area contributed by atoms with Gasteiger partial charge >= 0.3 is 0 Å². The fraction of sp³-hybridized carbons (Fsp3) is 0.862. The lowest BCUT2D eigenvalue weighted by Crippen LogP contribution is -2.56. The zero-order chi connectivity index (χ0) is 22.6. The molecule has 4 aliphatic carbocycles. The zero-order valence-electron chi connectivity index (χ0n) is 21.0. The summed E-state index contributed by atoms with van der Waals surface area (Å²) in [5.74, 6) is 5.41. The van der Waals surface area contributed by atoms with Crippen molar-refractivity contribution >= 4 is 11.6 Å². The molecule has 4 unspecified atom stereocenters. The molecule has 4 aliphatic rings. The van der Waals surface area contributed by atoms with Crippen molar-refractivity contribution in [2.45, 2.75) is 99.3 Å². The maximum Gasteiger partial charge on any atom is 0.137 e. The van der Waals surface area contributed by atoms with Gasteiger partial charge in [-0.25, -0.2) is 0 Å². The molecule has 0 aliphatic heterocycles. The van der Waals surface area contributed by atoms with Crippen LogP contribution in [-0.4, -0.2) is 11.6 Å². The number of carbonyl (C=O) groups excluding carboxylic acids is 2. The lowest BCUT2D eigenvalue weighted by molar-refractivity contribution is -0.158. The number of rotatable bonds is 5. The van der Waals surface area contributed by atoms with Gasteiger partial charge in [-0.1, -0.05) is 53.7 Å². The Morgan fingerprint density at radius 1 is 0.935 bits per heavy atom. The molecule has 0 spiro atoms. The van der Waals surface area contributed by atoms with Gasteiger partial charge in [0.2, 0.25) is 0 Å². The second-order valence-corrected chi connectivity index (χ2v) is 12.6. The Kier molecular flexibility index (Phi) is 6.34. The van der Waals surface area contributed by atoms with Gasteiger partial charge in [0.1, 0.15) is 11.6 Å². The normalized spacial score (nSPS) is 44.8. The molecule has 0 amide bonds. The number of ketones is 2. The van der Waals surface area contributed by atoms with Crippen LogP contribution in [0.4, 0.5) is 0 Å². The highest BCUT2D eigenvalue weighted by Crippen LogP contribution is 2.67. The highest BCUT2D eigenvalue weighted by molar-refractivity contribution is 5.90. The van der Waals surface area contributed by atoms with Gasteiger partial charge in [-0.15, -0.1) is 0 Å². The van der Waals surface area contributed by atoms with E-state index in [0.29, 0.717) is 65.3 Å². The Balaban J connectivity index is 1.54. The smallest absolute Gasteiger partial charge is 0.137 e. The standard InChI is InChI=1S/C29H46O2/c1-7-20(18(2)3)9-8-19(4)23-10-11-24-22-17-27(31)26-16-21(30)12-14-29(26,6)25(22)13-15-28(23,24)5/h8-9,18-20,22-26H,7,10-17H2,1-6H3/b9-8+/t19-,20-,22?,23?,24?,25?,26-,28-,29-/m1/s1. The molecule has 0 aromatic heterocycles. The van der Waals surface area contributed by atoms with Crippen LogP contribution in [0.15, 0.2) is 12.2 Å². The van der Waals surface area contributed by atoms with Crippen molar-refractivity contribution < 1.29 is 9.59 Å². The van der Waals surface area contributed by atoms with Crippen molar-refractivity contribution in [1.29, 1.82) is 0 Å². The minimum Gasteiger partial charge on any atom is -0.300 e. The molecule has 0 heterocycles. The van der Waals surface area contributed by atoms with Crippen molar-refractivity contribution in [1.82, 2.24) is 0 Å². The SMILES string of the molecule is CC[C@H](/C=C/[C@@H](C)C1CCC2C3CC(=O)[C@H]4CC(=O)CC[C@]4(C)C3CC[C@@]21C)C(C)C. The first-order chi connectivity index (χ1) is 14.6. The molecule has 0 aromatic carbocycles. The lowest BCUT2D eigenvalue weighted by Gasteiger charge is -2.59. The third-order valence-electron chi connectivity index (χ3n) is 11.0. The van der Waals surface area contributed by atoms with E-state index in [0.717, 1.165) is 18.8 Å². The summed E-state index contributed by atoms with van der Waals surface area (Å²) < 4.78 is 0. The highest BCUT2D eigenvalue weighted by Gasteiger charge is 2.62. The Hall–Kier alpha value is -0.920. The molecule has 2 nitrogen and oxygen atoms in total. The van der Waals surface area contributed by atoms with Gasteiger partial charge in [-0.2, -0.15) is 0 Å². The van der Waals surface area contributed by atoms with E-state index in [2.05, 4.69) is 53.7 Å². The molecule has 0 N–H and O–H groups in total. The largest absolute Gasteiger partial charge is 0.300 e. The molecule has 0 aromatic rings. The minimum absolute atomic E-state index is 0.0143. The van der Waals surface area contributed by atoms with Gasteiger partial charge in [0, 0.05) is 25.2 Å². The predicted octanol–water partition coefficient (Wildman–Crippen LogP) is 7.27. The van der Waals surface area contributed by atoms with E-state index in [1.165, 1.54) is 32.1 Å². The summed E-state index contributed by atoms with van der Waals surface area (Å²) in [5.41, 5.74) is 0.447. The number of allylic oxidation sites excluding steroid dienone is 2. The van der Waals surface area contributed by atoms with Crippen molar-refractivity contribution in [3.63, 3.8) is 0 Å². The molecule has 0 bridgehead atoms. The van der Waals surface area contributed by atoms with Crippen LogP contribution in [0.5, 0.6) is 0 Å². The summed E-state index contributed by atoms with van der Waals surface area (Å²) in [6.45, 7) is 14.4. The van der Waals surface area contributed by atoms with Crippen molar-refractivity contribution in [3.8, 4) is 0 Å². The lowest BCUT2D eigenvalue weighted by atomic mass is 9.44. The molecule has 0 radical (unpaired) electrons. The maximum atomic E-state index is 13.3. The van der Waals surface area contributed by atoms with Gasteiger partial charge in [0.15, 0.2) is 0 Å². The van der Waals surface area contributed by atoms with Crippen molar-refractivity contribution in [2.75, 3.05) is 0 Å². The molecular formula is C29H46O2. The van der Waals surface area contributed by atoms with Crippen LogP contribution >= 0.6 is 0 Å². The topological polar surface area (TPSA) is 34.1 Å². The first kappa shape index (κ1) is 23.2. The quantitative estimate of drug-likeness (QED) is 0.433. The molecule has 4 fully saturated rings. The van der Waals surface area contributed by atoms with Gasteiger partial charge in [-0.3, -0.25) is 9.59 Å². The summed E-state index contributed by atoms with van der Waals surface area (Å²) in [4.78, 5) is 25.4. The number of hydrogen-bond acceptors (Lipinski definition) is 2. The predicted molar refractivity (Wildman–Crippen MR) is 128 cm³/mol. The van der Waals surface area contributed by atoms with Crippen LogP contribution in [0.2, 0.25) is 0 Å². The van der Waals surface area contributed by atoms with Crippen molar-refractivity contribution in [2.24, 2.45) is 58.2 Å². The molecular weight excluding hydrogens is 380 g/mol. The van der Waals surface area contributed by atoms with Crippen LogP contribution in [0, 0.1) is 58.2 Å². The fourth-order valence-electron chi connectivity index (χ4n) is 9.02. The van der Waals surface area contributed by atoms with Crippen LogP contribution in [0.3, 0.4) is 0 Å². The zero-order valence-corrected chi connectivity index (χ0v) is 21.0. The minimum atomic E-state index is 0.0143. The fourth-order valence-corrected chi connectivity index (χ4v) is 9.02. The molecule has 31 heavy (non-hydrogen) atoms. The van der Waals surface area contributed by atoms with Crippen LogP contribution < -0.4 is 0 Å². The van der Waals surface area contributed by atoms with Gasteiger partial charge in [-0.05, 0) is 90.8 Å². The Morgan fingerprint density at radius 2 is 1.65 bits per heavy atom. The van der Waals surface area contributed by atoms with Gasteiger partial charge in [0.05, 0.1) is 0 Å². The van der Waals surface area contributed by atoms with E-state index in [-0.39, 0.29) is 11.3 Å². The van der Waals surface area contributed by atoms with Crippen LogP contribution in [-0.2, 0) is 9.59 Å². The molecule has 4 saturated carbocycles. The van der Waals surface area contributed by atoms with Gasteiger partial charge in [0.25, 0.3) is 0 Å². The van der Waals surface area contributed by atoms with E-state index in [9.17, 15) is 9.59 Å². The molecule has 174 valence electrons. The first-order valence-electron chi connectivity index (χ1n) is 13.3. The second-order valence-electron chi connectivity index (χ2n) is 12.6. The Bertz CT molecular complexity index is 735. The monoisotopic (exact) mass is 426 g/mol. The average molecular weight is 427 g/mol. The third-order valence-corrected chi connectivity index (χ3v) is 11.0. The van der Waals surface area contributed by atoms with E-state index in [1.807, 2.05) is 0 Å². The first-order valence-corrected chi connectivity index (χ1v) is 13.3. The Labute approximate surface area is 191 Å². The molecule has 9 atom stereocenters. The summed E-state index contributed by atoms with van der Waals surface area (Å²) in [5, 5.41) is 0. The van der Waals surface area contributed by atoms with E-state index >= 15 is 0 Å². The summed E-state index contributed by atoms with van der Waals surface area (Å²) in [6.07, 6.45) is 14.4. The van der Waals surface area contributed by atoms with Crippen molar-refractivity contribution in [3.05, 3.63) is 12.2 Å².